The lowest BCUT2D eigenvalue weighted by Gasteiger charge is -2.26. The monoisotopic (exact) mass is 321 g/mol. The molecule has 2 amide bonds. The first-order valence-electron chi connectivity index (χ1n) is 7.41. The number of ether oxygens (including phenoxy) is 1. The second kappa shape index (κ2) is 6.50. The molecule has 1 aliphatic rings. The first-order valence-corrected chi connectivity index (χ1v) is 8.29. The molecule has 1 aliphatic heterocycles. The lowest BCUT2D eigenvalue weighted by atomic mass is 10.3. The second-order valence-electron chi connectivity index (χ2n) is 5.12. The van der Waals surface area contributed by atoms with E-state index >= 15 is 0 Å². The van der Waals surface area contributed by atoms with Crippen molar-refractivity contribution >= 4 is 33.4 Å². The van der Waals surface area contributed by atoms with Crippen LogP contribution in [0.1, 0.15) is 17.4 Å². The number of hydrogen-bond donors (Lipinski definition) is 1. The number of fused-ring (bicyclic) bond motifs is 1. The molecule has 3 rings (SSSR count). The Balaban J connectivity index is 1.65. The van der Waals surface area contributed by atoms with Crippen molar-refractivity contribution in [2.45, 2.75) is 13.5 Å². The van der Waals surface area contributed by atoms with Gasteiger partial charge in [-0.15, -0.1) is 11.3 Å². The minimum Gasteiger partial charge on any atom is -0.378 e. The third-order valence-electron chi connectivity index (χ3n) is 3.84. The average molecular weight is 321 g/mol. The summed E-state index contributed by atoms with van der Waals surface area (Å²) >= 11 is 1.61. The predicted molar refractivity (Wildman–Crippen MR) is 85.2 cm³/mol. The fraction of sp³-hybridized carbons (Fsp3) is 0.467. The summed E-state index contributed by atoms with van der Waals surface area (Å²) in [7, 11) is 0. The normalized spacial score (nSPS) is 15.2. The minimum absolute atomic E-state index is 0.0291. The Bertz CT molecular complexity index is 685. The molecular weight excluding hydrogens is 302 g/mol. The lowest BCUT2D eigenvalue weighted by molar-refractivity contribution is -0.134. The van der Waals surface area contributed by atoms with Gasteiger partial charge in [0.25, 0.3) is 5.91 Å². The summed E-state index contributed by atoms with van der Waals surface area (Å²) in [5, 5.41) is 4.75. The fourth-order valence-electron chi connectivity index (χ4n) is 2.68. The molecule has 0 saturated carbocycles. The van der Waals surface area contributed by atoms with Crippen molar-refractivity contribution in [1.82, 2.24) is 14.8 Å². The summed E-state index contributed by atoms with van der Waals surface area (Å²) in [5.74, 6) is -0.264. The molecule has 0 bridgehead atoms. The maximum atomic E-state index is 12.4. The molecule has 6 nitrogen and oxygen atoms in total. The Morgan fingerprint density at radius 3 is 2.86 bits per heavy atom. The first kappa shape index (κ1) is 15.1. The lowest BCUT2D eigenvalue weighted by Crippen LogP contribution is -2.45. The molecule has 2 aromatic rings. The fourth-order valence-corrected chi connectivity index (χ4v) is 3.50. The van der Waals surface area contributed by atoms with Crippen LogP contribution in [0.2, 0.25) is 0 Å². The van der Waals surface area contributed by atoms with Crippen molar-refractivity contribution in [3.05, 3.63) is 23.2 Å². The van der Waals surface area contributed by atoms with Crippen molar-refractivity contribution in [2.24, 2.45) is 0 Å². The van der Waals surface area contributed by atoms with Crippen LogP contribution >= 0.6 is 11.3 Å². The van der Waals surface area contributed by atoms with Gasteiger partial charge in [-0.3, -0.25) is 9.59 Å². The van der Waals surface area contributed by atoms with Crippen molar-refractivity contribution in [3.63, 3.8) is 0 Å². The van der Waals surface area contributed by atoms with Gasteiger partial charge in [-0.05, 0) is 24.4 Å². The highest BCUT2D eigenvalue weighted by molar-refractivity contribution is 7.17. The first-order chi connectivity index (χ1) is 10.7. The van der Waals surface area contributed by atoms with Crippen LogP contribution in [-0.4, -0.2) is 54.1 Å². The molecule has 0 aromatic carbocycles. The van der Waals surface area contributed by atoms with Gasteiger partial charge in [0.1, 0.15) is 5.69 Å². The van der Waals surface area contributed by atoms with E-state index in [9.17, 15) is 9.59 Å². The smallest absolute Gasteiger partial charge is 0.268 e. The number of hydrogen-bond acceptors (Lipinski definition) is 4. The van der Waals surface area contributed by atoms with E-state index in [1.165, 1.54) is 0 Å². The van der Waals surface area contributed by atoms with Crippen LogP contribution in [0.5, 0.6) is 0 Å². The quantitative estimate of drug-likeness (QED) is 0.923. The summed E-state index contributed by atoms with van der Waals surface area (Å²) in [6.07, 6.45) is 0. The van der Waals surface area contributed by atoms with Crippen molar-refractivity contribution in [2.75, 3.05) is 32.8 Å². The molecule has 1 saturated heterocycles. The van der Waals surface area contributed by atoms with Gasteiger partial charge >= 0.3 is 0 Å². The van der Waals surface area contributed by atoms with E-state index in [0.717, 1.165) is 16.8 Å². The molecular formula is C15H19N3O3S. The highest BCUT2D eigenvalue weighted by Crippen LogP contribution is 2.25. The van der Waals surface area contributed by atoms with Crippen molar-refractivity contribution in [1.29, 1.82) is 0 Å². The van der Waals surface area contributed by atoms with Gasteiger partial charge in [0.05, 0.1) is 30.0 Å². The Kier molecular flexibility index (Phi) is 4.44. The SMILES string of the molecule is CCn1c(C(=O)NCC(=O)N2CCOCC2)cc2sccc21. The number of aromatic nitrogens is 1. The Hall–Kier alpha value is -1.86. The van der Waals surface area contributed by atoms with E-state index in [0.29, 0.717) is 32.0 Å². The van der Waals surface area contributed by atoms with E-state index in [-0.39, 0.29) is 18.4 Å². The number of nitrogens with zero attached hydrogens (tertiary/aromatic N) is 2. The molecule has 1 N–H and O–H groups in total. The van der Waals surface area contributed by atoms with E-state index in [2.05, 4.69) is 5.32 Å². The summed E-state index contributed by atoms with van der Waals surface area (Å²) in [6.45, 7) is 5.07. The maximum absolute atomic E-state index is 12.4. The predicted octanol–water partition coefficient (Wildman–Crippen LogP) is 1.31. The van der Waals surface area contributed by atoms with Gasteiger partial charge in [0, 0.05) is 19.6 Å². The van der Waals surface area contributed by atoms with Crippen LogP contribution in [0.3, 0.4) is 0 Å². The van der Waals surface area contributed by atoms with Crippen LogP contribution in [-0.2, 0) is 16.1 Å². The van der Waals surface area contributed by atoms with E-state index in [4.69, 9.17) is 4.74 Å². The number of rotatable bonds is 4. The van der Waals surface area contributed by atoms with Gasteiger partial charge < -0.3 is 19.5 Å². The van der Waals surface area contributed by atoms with Crippen LogP contribution < -0.4 is 5.32 Å². The third kappa shape index (κ3) is 2.86. The maximum Gasteiger partial charge on any atom is 0.268 e. The summed E-state index contributed by atoms with van der Waals surface area (Å²) in [4.78, 5) is 26.1. The Labute approximate surface area is 132 Å². The van der Waals surface area contributed by atoms with Gasteiger partial charge in [0.2, 0.25) is 5.91 Å². The van der Waals surface area contributed by atoms with E-state index in [1.54, 1.807) is 16.2 Å². The summed E-state index contributed by atoms with van der Waals surface area (Å²) in [5.41, 5.74) is 1.68. The molecule has 0 radical (unpaired) electrons. The van der Waals surface area contributed by atoms with Crippen LogP contribution in [0, 0.1) is 0 Å². The van der Waals surface area contributed by atoms with Gasteiger partial charge in [-0.1, -0.05) is 0 Å². The van der Waals surface area contributed by atoms with E-state index in [1.807, 2.05) is 29.0 Å². The largest absolute Gasteiger partial charge is 0.378 e. The molecule has 0 spiro atoms. The number of thiophene rings is 1. The van der Waals surface area contributed by atoms with Gasteiger partial charge in [-0.25, -0.2) is 0 Å². The molecule has 3 heterocycles. The molecule has 1 fully saturated rings. The molecule has 7 heteroatoms. The van der Waals surface area contributed by atoms with Crippen molar-refractivity contribution < 1.29 is 14.3 Å². The second-order valence-corrected chi connectivity index (χ2v) is 6.07. The molecule has 0 atom stereocenters. The number of nitrogens with one attached hydrogen (secondary N) is 1. The van der Waals surface area contributed by atoms with Gasteiger partial charge in [-0.2, -0.15) is 0 Å². The van der Waals surface area contributed by atoms with Gasteiger partial charge in [0.15, 0.2) is 0 Å². The molecule has 0 unspecified atom stereocenters. The number of amides is 2. The number of carbonyl (C=O) groups excluding carboxylic acids is 2. The van der Waals surface area contributed by atoms with Crippen LogP contribution in [0.15, 0.2) is 17.5 Å². The summed E-state index contributed by atoms with van der Waals surface area (Å²) < 4.78 is 8.28. The number of carbonyl (C=O) groups is 2. The zero-order valence-electron chi connectivity index (χ0n) is 12.5. The highest BCUT2D eigenvalue weighted by Gasteiger charge is 2.19. The molecule has 22 heavy (non-hydrogen) atoms. The molecule has 2 aromatic heterocycles. The van der Waals surface area contributed by atoms with Crippen molar-refractivity contribution in [3.8, 4) is 0 Å². The number of aryl methyl sites for hydroxylation is 1. The van der Waals surface area contributed by atoms with E-state index < -0.39 is 0 Å². The Morgan fingerprint density at radius 2 is 2.14 bits per heavy atom. The topological polar surface area (TPSA) is 63.6 Å². The summed E-state index contributed by atoms with van der Waals surface area (Å²) in [6, 6.07) is 3.90. The van der Waals surface area contributed by atoms with Crippen LogP contribution in [0.4, 0.5) is 0 Å². The third-order valence-corrected chi connectivity index (χ3v) is 4.69. The molecule has 118 valence electrons. The highest BCUT2D eigenvalue weighted by atomic mass is 32.1. The molecule has 0 aliphatic carbocycles. The van der Waals surface area contributed by atoms with Crippen LogP contribution in [0.25, 0.3) is 10.2 Å². The Morgan fingerprint density at radius 1 is 1.36 bits per heavy atom. The standard InChI is InChI=1S/C15H19N3O3S/c1-2-18-11-3-8-22-13(11)9-12(18)15(20)16-10-14(19)17-4-6-21-7-5-17/h3,8-9H,2,4-7,10H2,1H3,(H,16,20). The minimum atomic E-state index is -0.202. The zero-order valence-corrected chi connectivity index (χ0v) is 13.3. The number of morpholine rings is 1. The average Bonchev–Trinajstić information content (AvgIpc) is 3.13. The zero-order chi connectivity index (χ0) is 15.5.